The highest BCUT2D eigenvalue weighted by atomic mass is 35.5. The van der Waals surface area contributed by atoms with Crippen LogP contribution in [0.5, 0.6) is 5.88 Å². The molecule has 0 unspecified atom stereocenters. The lowest BCUT2D eigenvalue weighted by Gasteiger charge is -2.28. The highest BCUT2D eigenvalue weighted by Gasteiger charge is 2.46. The van der Waals surface area contributed by atoms with Gasteiger partial charge in [0.05, 0.1) is 23.4 Å². The maximum Gasteiger partial charge on any atom is 0.332 e. The zero-order chi connectivity index (χ0) is 35.8. The van der Waals surface area contributed by atoms with Crippen LogP contribution in [0.1, 0.15) is 54.2 Å². The van der Waals surface area contributed by atoms with E-state index in [0.29, 0.717) is 29.0 Å². The summed E-state index contributed by atoms with van der Waals surface area (Å²) in [6.45, 7) is 5.49. The lowest BCUT2D eigenvalue weighted by molar-refractivity contribution is -0.119. The average molecular weight is 707 g/mol. The Morgan fingerprint density at radius 1 is 0.961 bits per heavy atom. The number of pyridine rings is 1. The Balaban J connectivity index is 1.14. The highest BCUT2D eigenvalue weighted by Crippen LogP contribution is 2.47. The minimum absolute atomic E-state index is 0.113. The van der Waals surface area contributed by atoms with Crippen molar-refractivity contribution in [2.24, 2.45) is 14.1 Å². The van der Waals surface area contributed by atoms with Crippen molar-refractivity contribution >= 4 is 40.0 Å². The third-order valence-corrected chi connectivity index (χ3v) is 11.4. The van der Waals surface area contributed by atoms with E-state index in [1.165, 1.54) is 17.2 Å². The van der Waals surface area contributed by atoms with Crippen LogP contribution in [0, 0.1) is 13.8 Å². The number of anilines is 2. The van der Waals surface area contributed by atoms with Gasteiger partial charge in [-0.05, 0) is 68.4 Å². The summed E-state index contributed by atoms with van der Waals surface area (Å²) in [7, 11) is 4.70. The summed E-state index contributed by atoms with van der Waals surface area (Å²) in [4.78, 5) is 54.4. The zero-order valence-electron chi connectivity index (χ0n) is 29.3. The first-order valence-electron chi connectivity index (χ1n) is 17.2. The third kappa shape index (κ3) is 5.39. The zero-order valence-corrected chi connectivity index (χ0v) is 30.0. The van der Waals surface area contributed by atoms with Crippen molar-refractivity contribution in [1.29, 1.82) is 0 Å². The summed E-state index contributed by atoms with van der Waals surface area (Å²) >= 11 is 7.25. The third-order valence-electron chi connectivity index (χ3n) is 10.9. The van der Waals surface area contributed by atoms with E-state index in [9.17, 15) is 14.4 Å². The Bertz CT molecular complexity index is 2410. The second-order valence-electron chi connectivity index (χ2n) is 14.0. The van der Waals surface area contributed by atoms with Gasteiger partial charge in [-0.2, -0.15) is 0 Å². The number of aryl methyl sites for hydroxylation is 3. The SMILES string of the molecule is COc1nc(-c2cccc(-c3cccc(Nc4nc(C)nc5c4c(=O)n(C)c(=O)n5C)c3C)c2Cl)cc2c1[C@@H](N1CC[C@@]3(CCC(=O)N3)C1)CC2. The molecule has 12 nitrogen and oxygen atoms in total. The van der Waals surface area contributed by atoms with E-state index in [-0.39, 0.29) is 28.5 Å². The molecule has 262 valence electrons. The predicted octanol–water partition coefficient (Wildman–Crippen LogP) is 5.12. The molecule has 13 heteroatoms. The van der Waals surface area contributed by atoms with E-state index < -0.39 is 11.2 Å². The van der Waals surface area contributed by atoms with Crippen LogP contribution in [0.4, 0.5) is 11.5 Å². The Morgan fingerprint density at radius 3 is 2.49 bits per heavy atom. The number of halogens is 1. The average Bonchev–Trinajstić information content (AvgIpc) is 3.84. The number of likely N-dealkylation sites (tertiary alicyclic amines) is 1. The first-order chi connectivity index (χ1) is 24.5. The summed E-state index contributed by atoms with van der Waals surface area (Å²) < 4.78 is 8.36. The van der Waals surface area contributed by atoms with E-state index in [2.05, 4.69) is 31.6 Å². The monoisotopic (exact) mass is 706 g/mol. The molecule has 1 spiro atoms. The molecule has 5 aromatic rings. The quantitative estimate of drug-likeness (QED) is 0.247. The van der Waals surface area contributed by atoms with Gasteiger partial charge in [0.2, 0.25) is 11.8 Å². The summed E-state index contributed by atoms with van der Waals surface area (Å²) in [6.07, 6.45) is 4.33. The van der Waals surface area contributed by atoms with E-state index in [4.69, 9.17) is 21.3 Å². The molecule has 2 N–H and O–H groups in total. The number of rotatable bonds is 6. The number of nitrogens with one attached hydrogen (secondary N) is 2. The lowest BCUT2D eigenvalue weighted by Crippen LogP contribution is -2.44. The maximum atomic E-state index is 13.3. The van der Waals surface area contributed by atoms with Crippen LogP contribution in [0.25, 0.3) is 33.4 Å². The number of hydrogen-bond acceptors (Lipinski definition) is 9. The minimum atomic E-state index is -0.476. The van der Waals surface area contributed by atoms with Crippen LogP contribution in [-0.4, -0.2) is 60.6 Å². The fourth-order valence-electron chi connectivity index (χ4n) is 8.28. The van der Waals surface area contributed by atoms with E-state index >= 15 is 0 Å². The Kier molecular flexibility index (Phi) is 7.99. The molecule has 2 aromatic carbocycles. The fourth-order valence-corrected chi connectivity index (χ4v) is 8.60. The van der Waals surface area contributed by atoms with Crippen LogP contribution in [-0.2, 0) is 25.3 Å². The number of fused-ring (bicyclic) bond motifs is 2. The van der Waals surface area contributed by atoms with Gasteiger partial charge >= 0.3 is 5.69 Å². The molecule has 1 aliphatic carbocycles. The first-order valence-corrected chi connectivity index (χ1v) is 17.6. The molecular weight excluding hydrogens is 668 g/mol. The Labute approximate surface area is 299 Å². The molecular formula is C38H39ClN8O4. The van der Waals surface area contributed by atoms with Crippen LogP contribution in [0.3, 0.4) is 0 Å². The van der Waals surface area contributed by atoms with Gasteiger partial charge in [0.15, 0.2) is 5.65 Å². The molecule has 0 saturated carbocycles. The van der Waals surface area contributed by atoms with Crippen molar-refractivity contribution in [3.8, 4) is 28.3 Å². The molecule has 8 rings (SSSR count). The van der Waals surface area contributed by atoms with Gasteiger partial charge < -0.3 is 15.4 Å². The summed E-state index contributed by atoms with van der Waals surface area (Å²) in [5, 5.41) is 7.40. The second kappa shape index (κ2) is 12.3. The van der Waals surface area contributed by atoms with E-state index in [0.717, 1.165) is 82.5 Å². The molecule has 5 heterocycles. The van der Waals surface area contributed by atoms with Crippen molar-refractivity contribution in [1.82, 2.24) is 34.3 Å². The van der Waals surface area contributed by atoms with Crippen molar-refractivity contribution in [3.05, 3.63) is 90.8 Å². The molecule has 0 bridgehead atoms. The number of aromatic nitrogens is 5. The van der Waals surface area contributed by atoms with Gasteiger partial charge in [-0.1, -0.05) is 41.9 Å². The number of hydrogen-bond donors (Lipinski definition) is 2. The predicted molar refractivity (Wildman–Crippen MR) is 197 cm³/mol. The molecule has 2 fully saturated rings. The number of carbonyl (C=O) groups excluding carboxylic acids is 1. The second-order valence-corrected chi connectivity index (χ2v) is 14.4. The van der Waals surface area contributed by atoms with Crippen LogP contribution < -0.4 is 26.6 Å². The number of amides is 1. The number of methoxy groups -OCH3 is 1. The lowest BCUT2D eigenvalue weighted by atomic mass is 9.96. The normalized spacial score (nSPS) is 20.0. The minimum Gasteiger partial charge on any atom is -0.481 e. The largest absolute Gasteiger partial charge is 0.481 e. The Morgan fingerprint density at radius 2 is 1.73 bits per heavy atom. The number of carbonyl (C=O) groups is 1. The molecule has 1 amide bonds. The summed E-state index contributed by atoms with van der Waals surface area (Å²) in [5.41, 5.74) is 6.45. The van der Waals surface area contributed by atoms with Gasteiger partial charge in [0.25, 0.3) is 5.56 Å². The smallest absolute Gasteiger partial charge is 0.332 e. The van der Waals surface area contributed by atoms with Crippen LogP contribution >= 0.6 is 11.6 Å². The molecule has 3 aliphatic rings. The van der Waals surface area contributed by atoms with Crippen molar-refractivity contribution in [2.75, 3.05) is 25.5 Å². The van der Waals surface area contributed by atoms with Gasteiger partial charge in [-0.3, -0.25) is 23.6 Å². The first kappa shape index (κ1) is 33.1. The van der Waals surface area contributed by atoms with Gasteiger partial charge in [0.1, 0.15) is 17.0 Å². The van der Waals surface area contributed by atoms with E-state index in [1.54, 1.807) is 21.1 Å². The fraction of sp³-hybridized carbons (Fsp3) is 0.368. The molecule has 51 heavy (non-hydrogen) atoms. The number of nitrogens with zero attached hydrogens (tertiary/aromatic N) is 6. The number of benzene rings is 2. The van der Waals surface area contributed by atoms with E-state index in [1.807, 2.05) is 43.3 Å². The van der Waals surface area contributed by atoms with Gasteiger partial charge in [-0.25, -0.2) is 19.7 Å². The van der Waals surface area contributed by atoms with Gasteiger partial charge in [-0.15, -0.1) is 0 Å². The highest BCUT2D eigenvalue weighted by molar-refractivity contribution is 6.36. The molecule has 2 saturated heterocycles. The number of ether oxygens (including phenoxy) is 1. The van der Waals surface area contributed by atoms with Crippen molar-refractivity contribution in [2.45, 2.75) is 57.5 Å². The Hall–Kier alpha value is -5.07. The molecule has 0 radical (unpaired) electrons. The molecule has 3 aromatic heterocycles. The summed E-state index contributed by atoms with van der Waals surface area (Å²) in [6, 6.07) is 14.1. The summed E-state index contributed by atoms with van der Waals surface area (Å²) in [5.74, 6) is 1.51. The van der Waals surface area contributed by atoms with Crippen molar-refractivity contribution in [3.63, 3.8) is 0 Å². The van der Waals surface area contributed by atoms with Crippen LogP contribution in [0.15, 0.2) is 52.1 Å². The molecule has 2 aliphatic heterocycles. The van der Waals surface area contributed by atoms with Crippen LogP contribution in [0.2, 0.25) is 5.02 Å². The standard InChI is InChI=1S/C38H39ClN8O4/c1-20-23(8-7-11-26(20)42-33-31-34(41-21(2)40-33)45(3)37(50)46(4)36(31)49)24-9-6-10-25(32(24)39)27-18-22-12-13-28(30(22)35(43-27)51-5)47-17-16-38(19-47)15-14-29(48)44-38/h6-11,18,28H,12-17,19H2,1-5H3,(H,44,48)(H,40,41,42)/t28-,38-/m0/s1. The maximum absolute atomic E-state index is 13.3. The van der Waals surface area contributed by atoms with Gasteiger partial charge in [0, 0.05) is 62.0 Å². The topological polar surface area (TPSA) is 136 Å². The molecule has 2 atom stereocenters. The van der Waals surface area contributed by atoms with Crippen molar-refractivity contribution < 1.29 is 9.53 Å².